The molecule has 0 atom stereocenters. The van der Waals surface area contributed by atoms with E-state index in [0.717, 1.165) is 16.8 Å². The molecule has 0 radical (unpaired) electrons. The van der Waals surface area contributed by atoms with E-state index in [9.17, 15) is 4.79 Å². The monoisotopic (exact) mass is 460 g/mol. The minimum atomic E-state index is -0.211. The van der Waals surface area contributed by atoms with Gasteiger partial charge < -0.3 is 19.8 Å². The average Bonchev–Trinajstić information content (AvgIpc) is 2.84. The van der Waals surface area contributed by atoms with E-state index in [1.54, 1.807) is 42.6 Å². The summed E-state index contributed by atoms with van der Waals surface area (Å²) in [6.07, 6.45) is 2.39. The van der Waals surface area contributed by atoms with Crippen LogP contribution in [-0.4, -0.2) is 23.7 Å². The van der Waals surface area contributed by atoms with E-state index >= 15 is 0 Å². The van der Waals surface area contributed by atoms with Gasteiger partial charge >= 0.3 is 0 Å². The predicted octanol–water partition coefficient (Wildman–Crippen LogP) is 4.69. The molecule has 2 aromatic heterocycles. The van der Waals surface area contributed by atoms with Crippen LogP contribution in [0.1, 0.15) is 16.8 Å². The Kier molecular flexibility index (Phi) is 6.77. The lowest BCUT2D eigenvalue weighted by Gasteiger charge is -2.11. The van der Waals surface area contributed by atoms with Crippen molar-refractivity contribution in [1.29, 1.82) is 5.26 Å². The molecule has 2 heterocycles. The molecule has 0 aliphatic rings. The Morgan fingerprint density at radius 2 is 2.03 bits per heavy atom. The number of nitriles is 1. The first-order valence-electron chi connectivity index (χ1n) is 10.3. The van der Waals surface area contributed by atoms with E-state index in [-0.39, 0.29) is 5.56 Å². The number of hydrogen-bond acceptors (Lipinski definition) is 6. The largest absolute Gasteiger partial charge is 0.495 e. The first-order chi connectivity index (χ1) is 16.1. The van der Waals surface area contributed by atoms with Gasteiger partial charge in [0.05, 0.1) is 29.8 Å². The highest BCUT2D eigenvalue weighted by Gasteiger charge is 2.10. The molecule has 0 aliphatic heterocycles. The topological polar surface area (TPSA) is 100 Å². The van der Waals surface area contributed by atoms with E-state index in [1.165, 1.54) is 7.11 Å². The SMILES string of the molecule is COc1cc(NCc2cc3cc(Cl)c(OCCc4ccccn4)cc3[nH]c2=O)ccc1C#N. The van der Waals surface area contributed by atoms with Gasteiger partial charge in [0.15, 0.2) is 0 Å². The number of methoxy groups -OCH3 is 1. The van der Waals surface area contributed by atoms with Crippen LogP contribution in [0.25, 0.3) is 10.9 Å². The fourth-order valence-electron chi connectivity index (χ4n) is 3.40. The lowest BCUT2D eigenvalue weighted by atomic mass is 10.1. The highest BCUT2D eigenvalue weighted by atomic mass is 35.5. The molecule has 0 fully saturated rings. The first kappa shape index (κ1) is 22.2. The zero-order valence-corrected chi connectivity index (χ0v) is 18.6. The molecule has 0 saturated carbocycles. The van der Waals surface area contributed by atoms with Crippen LogP contribution in [0, 0.1) is 11.3 Å². The van der Waals surface area contributed by atoms with Gasteiger partial charge in [-0.2, -0.15) is 5.26 Å². The van der Waals surface area contributed by atoms with Crippen LogP contribution in [0.3, 0.4) is 0 Å². The van der Waals surface area contributed by atoms with Gasteiger partial charge in [-0.05, 0) is 36.4 Å². The number of ether oxygens (including phenoxy) is 2. The van der Waals surface area contributed by atoms with Crippen LogP contribution in [0.2, 0.25) is 5.02 Å². The second-order valence-electron chi connectivity index (χ2n) is 7.29. The Morgan fingerprint density at radius 3 is 2.79 bits per heavy atom. The minimum Gasteiger partial charge on any atom is -0.495 e. The number of hydrogen-bond donors (Lipinski definition) is 2. The van der Waals surface area contributed by atoms with Crippen LogP contribution in [0.4, 0.5) is 5.69 Å². The average molecular weight is 461 g/mol. The number of nitrogens with zero attached hydrogens (tertiary/aromatic N) is 2. The third kappa shape index (κ3) is 5.25. The molecule has 0 amide bonds. The Bertz CT molecular complexity index is 1380. The van der Waals surface area contributed by atoms with Crippen LogP contribution in [-0.2, 0) is 13.0 Å². The fraction of sp³-hybridized carbons (Fsp3) is 0.160. The zero-order valence-electron chi connectivity index (χ0n) is 17.9. The molecule has 2 N–H and O–H groups in total. The van der Waals surface area contributed by atoms with E-state index < -0.39 is 0 Å². The predicted molar refractivity (Wildman–Crippen MR) is 128 cm³/mol. The summed E-state index contributed by atoms with van der Waals surface area (Å²) in [5, 5.41) is 13.6. The maximum Gasteiger partial charge on any atom is 0.253 e. The highest BCUT2D eigenvalue weighted by Crippen LogP contribution is 2.29. The van der Waals surface area contributed by atoms with Gasteiger partial charge in [0.1, 0.15) is 17.6 Å². The van der Waals surface area contributed by atoms with E-state index in [1.807, 2.05) is 18.2 Å². The fourth-order valence-corrected chi connectivity index (χ4v) is 3.62. The normalized spacial score (nSPS) is 10.6. The molecule has 4 rings (SSSR count). The lowest BCUT2D eigenvalue weighted by molar-refractivity contribution is 0.321. The molecule has 0 saturated heterocycles. The number of benzene rings is 2. The zero-order chi connectivity index (χ0) is 23.2. The summed E-state index contributed by atoms with van der Waals surface area (Å²) in [6.45, 7) is 0.711. The van der Waals surface area contributed by atoms with Crippen LogP contribution >= 0.6 is 11.6 Å². The number of rotatable bonds is 8. The quantitative estimate of drug-likeness (QED) is 0.395. The van der Waals surface area contributed by atoms with Crippen LogP contribution in [0.15, 0.2) is 65.6 Å². The summed E-state index contributed by atoms with van der Waals surface area (Å²) in [5.41, 5.74) is 3.09. The van der Waals surface area contributed by atoms with Gasteiger partial charge in [-0.1, -0.05) is 17.7 Å². The van der Waals surface area contributed by atoms with Crippen molar-refractivity contribution < 1.29 is 9.47 Å². The molecule has 0 unspecified atom stereocenters. The number of nitrogens with one attached hydrogen (secondary N) is 2. The molecule has 166 valence electrons. The number of H-pyrrole nitrogens is 1. The smallest absolute Gasteiger partial charge is 0.253 e. The van der Waals surface area contributed by atoms with Crippen LogP contribution in [0.5, 0.6) is 11.5 Å². The lowest BCUT2D eigenvalue weighted by Crippen LogP contribution is -2.15. The second-order valence-corrected chi connectivity index (χ2v) is 7.70. The van der Waals surface area contributed by atoms with Crippen molar-refractivity contribution in [2.75, 3.05) is 19.0 Å². The van der Waals surface area contributed by atoms with Crippen molar-refractivity contribution in [2.45, 2.75) is 13.0 Å². The summed E-state index contributed by atoms with van der Waals surface area (Å²) < 4.78 is 11.1. The van der Waals surface area contributed by atoms with Crippen molar-refractivity contribution in [3.8, 4) is 17.6 Å². The molecule has 7 nitrogen and oxygen atoms in total. The van der Waals surface area contributed by atoms with Crippen molar-refractivity contribution in [3.05, 3.63) is 93.0 Å². The Balaban J connectivity index is 1.48. The van der Waals surface area contributed by atoms with Crippen LogP contribution < -0.4 is 20.3 Å². The molecular formula is C25H21ClN4O3. The first-order valence-corrected chi connectivity index (χ1v) is 10.7. The summed E-state index contributed by atoms with van der Waals surface area (Å²) in [7, 11) is 1.51. The van der Waals surface area contributed by atoms with Gasteiger partial charge in [-0.15, -0.1) is 0 Å². The maximum absolute atomic E-state index is 12.6. The molecule has 0 aliphatic carbocycles. The van der Waals surface area contributed by atoms with E-state index in [2.05, 4.69) is 21.4 Å². The van der Waals surface area contributed by atoms with Gasteiger partial charge in [0.25, 0.3) is 5.56 Å². The Labute approximate surface area is 195 Å². The number of anilines is 1. The standard InChI is InChI=1S/C25H21ClN4O3/c1-32-23-12-20(6-5-16(23)14-27)29-15-18-10-17-11-21(26)24(13-22(17)30-25(18)31)33-9-7-19-4-2-3-8-28-19/h2-6,8,10-13,29H,7,9,15H2,1H3,(H,30,31). The third-order valence-corrected chi connectivity index (χ3v) is 5.42. The number of aromatic amines is 1. The van der Waals surface area contributed by atoms with Gasteiger partial charge in [0, 0.05) is 53.6 Å². The van der Waals surface area contributed by atoms with Gasteiger partial charge in [0.2, 0.25) is 0 Å². The molecule has 0 bridgehead atoms. The number of halogens is 1. The summed E-state index contributed by atoms with van der Waals surface area (Å²) >= 11 is 6.42. The van der Waals surface area contributed by atoms with Crippen molar-refractivity contribution >= 4 is 28.2 Å². The maximum atomic E-state index is 12.6. The third-order valence-electron chi connectivity index (χ3n) is 5.12. The molecule has 2 aromatic carbocycles. The molecule has 0 spiro atoms. The molecular weight excluding hydrogens is 440 g/mol. The van der Waals surface area contributed by atoms with E-state index in [4.69, 9.17) is 26.3 Å². The van der Waals surface area contributed by atoms with Gasteiger partial charge in [-0.25, -0.2) is 0 Å². The summed E-state index contributed by atoms with van der Waals surface area (Å²) in [4.78, 5) is 19.8. The number of aromatic nitrogens is 2. The minimum absolute atomic E-state index is 0.211. The van der Waals surface area contributed by atoms with Crippen molar-refractivity contribution in [2.24, 2.45) is 0 Å². The summed E-state index contributed by atoms with van der Waals surface area (Å²) in [5.74, 6) is 0.976. The Morgan fingerprint density at radius 1 is 1.15 bits per heavy atom. The molecule has 8 heteroatoms. The number of fused-ring (bicyclic) bond motifs is 1. The molecule has 33 heavy (non-hydrogen) atoms. The van der Waals surface area contributed by atoms with Crippen molar-refractivity contribution in [1.82, 2.24) is 9.97 Å². The van der Waals surface area contributed by atoms with E-state index in [0.29, 0.717) is 52.7 Å². The summed E-state index contributed by atoms with van der Waals surface area (Å²) in [6, 6.07) is 18.3. The number of pyridine rings is 2. The Hall–Kier alpha value is -4.02. The highest BCUT2D eigenvalue weighted by molar-refractivity contribution is 6.32. The van der Waals surface area contributed by atoms with Crippen molar-refractivity contribution in [3.63, 3.8) is 0 Å². The second kappa shape index (κ2) is 10.1. The molecule has 4 aromatic rings. The van der Waals surface area contributed by atoms with Gasteiger partial charge in [-0.3, -0.25) is 9.78 Å².